The van der Waals surface area contributed by atoms with Gasteiger partial charge in [-0.3, -0.25) is 14.4 Å². The first-order valence-electron chi connectivity index (χ1n) is 12.8. The van der Waals surface area contributed by atoms with Crippen LogP contribution >= 0.6 is 23.2 Å². The van der Waals surface area contributed by atoms with E-state index in [0.29, 0.717) is 50.8 Å². The molecule has 0 amide bonds. The maximum atomic E-state index is 14.0. The Balaban J connectivity index is 1.68. The highest BCUT2D eigenvalue weighted by molar-refractivity contribution is 6.40. The first-order chi connectivity index (χ1) is 18.6. The number of hydrogen-bond acceptors (Lipinski definition) is 5. The molecule has 2 aliphatic carbocycles. The van der Waals surface area contributed by atoms with Crippen LogP contribution in [0.2, 0.25) is 10.0 Å². The predicted octanol–water partition coefficient (Wildman–Crippen LogP) is 7.96. The number of ketones is 3. The van der Waals surface area contributed by atoms with Gasteiger partial charge in [0.25, 0.3) is 0 Å². The van der Waals surface area contributed by atoms with Crippen molar-refractivity contribution in [3.05, 3.63) is 116 Å². The Hall–Kier alpha value is -3.67. The van der Waals surface area contributed by atoms with Gasteiger partial charge in [0.05, 0.1) is 23.0 Å². The third-order valence-electron chi connectivity index (χ3n) is 7.75. The third kappa shape index (κ3) is 4.12. The lowest BCUT2D eigenvalue weighted by Gasteiger charge is -2.39. The first-order valence-corrected chi connectivity index (χ1v) is 13.6. The minimum absolute atomic E-state index is 0.00673. The number of nitrogens with zero attached hydrogens (tertiary/aromatic N) is 1. The fraction of sp³-hybridized carbons (Fsp3) is 0.219. The van der Waals surface area contributed by atoms with E-state index >= 15 is 0 Å². The molecule has 1 aliphatic heterocycles. The minimum atomic E-state index is -0.693. The number of nitrogens with one attached hydrogen (secondary N) is 1. The summed E-state index contributed by atoms with van der Waals surface area (Å²) in [7, 11) is 0. The zero-order valence-corrected chi connectivity index (χ0v) is 23.3. The highest BCUT2D eigenvalue weighted by Crippen LogP contribution is 2.51. The van der Waals surface area contributed by atoms with Crippen molar-refractivity contribution in [2.45, 2.75) is 39.7 Å². The van der Waals surface area contributed by atoms with Gasteiger partial charge >= 0.3 is 0 Å². The van der Waals surface area contributed by atoms with E-state index in [4.69, 9.17) is 23.2 Å². The molecule has 3 aromatic carbocycles. The Labute approximate surface area is 237 Å². The van der Waals surface area contributed by atoms with Gasteiger partial charge in [0.15, 0.2) is 17.3 Å². The first kappa shape index (κ1) is 25.6. The van der Waals surface area contributed by atoms with Crippen LogP contribution in [-0.2, 0) is 4.79 Å². The second-order valence-corrected chi connectivity index (χ2v) is 11.9. The van der Waals surface area contributed by atoms with Gasteiger partial charge in [0, 0.05) is 44.6 Å². The lowest BCUT2D eigenvalue weighted by molar-refractivity contribution is -0.118. The second kappa shape index (κ2) is 9.22. The van der Waals surface area contributed by atoms with Crippen LogP contribution in [0.3, 0.4) is 0 Å². The molecular formula is C32H26Cl2N2O3. The molecule has 5 nitrogen and oxygen atoms in total. The summed E-state index contributed by atoms with van der Waals surface area (Å²) in [5, 5.41) is 4.42. The Morgan fingerprint density at radius 3 is 2.21 bits per heavy atom. The standard InChI is InChI=1S/C32H26Cl2N2O3/c1-17(27-30(38)19-8-4-5-9-20(19)31(27)39)36-25-11-7-6-10-23(25)35-24-15-32(2,3)16-26(37)28(24)29(36)21-13-12-18(33)14-22(21)34/h4-14,29,35H,15-16H2,1-3H3/t29-/m1/s1. The van der Waals surface area contributed by atoms with Crippen molar-refractivity contribution >= 4 is 51.9 Å². The zero-order chi connectivity index (χ0) is 27.6. The summed E-state index contributed by atoms with van der Waals surface area (Å²) < 4.78 is 0. The number of allylic oxidation sites excluding steroid dienone is 3. The molecule has 6 rings (SSSR count). The van der Waals surface area contributed by atoms with Crippen molar-refractivity contribution in [2.24, 2.45) is 5.41 Å². The summed E-state index contributed by atoms with van der Waals surface area (Å²) in [6.45, 7) is 5.93. The average Bonchev–Trinajstić information content (AvgIpc) is 3.04. The molecular weight excluding hydrogens is 531 g/mol. The molecule has 0 bridgehead atoms. The van der Waals surface area contributed by atoms with Crippen molar-refractivity contribution in [1.82, 2.24) is 0 Å². The third-order valence-corrected chi connectivity index (χ3v) is 8.31. The van der Waals surface area contributed by atoms with Gasteiger partial charge in [0.2, 0.25) is 0 Å². The van der Waals surface area contributed by atoms with Gasteiger partial charge in [-0.25, -0.2) is 0 Å². The number of benzene rings is 3. The van der Waals surface area contributed by atoms with Crippen molar-refractivity contribution in [1.29, 1.82) is 0 Å². The molecule has 0 saturated carbocycles. The largest absolute Gasteiger partial charge is 0.357 e. The van der Waals surface area contributed by atoms with Crippen LogP contribution in [0.4, 0.5) is 11.4 Å². The minimum Gasteiger partial charge on any atom is -0.357 e. The van der Waals surface area contributed by atoms with Crippen molar-refractivity contribution < 1.29 is 14.4 Å². The zero-order valence-electron chi connectivity index (χ0n) is 21.8. The molecule has 0 aromatic heterocycles. The smallest absolute Gasteiger partial charge is 0.199 e. The van der Waals surface area contributed by atoms with Crippen LogP contribution in [0.25, 0.3) is 0 Å². The van der Waals surface area contributed by atoms with Gasteiger partial charge in [0.1, 0.15) is 0 Å². The van der Waals surface area contributed by atoms with E-state index in [-0.39, 0.29) is 28.3 Å². The number of anilines is 2. The van der Waals surface area contributed by atoms with E-state index in [9.17, 15) is 14.4 Å². The average molecular weight is 557 g/mol. The summed E-state index contributed by atoms with van der Waals surface area (Å²) in [5.41, 5.74) is 4.63. The van der Waals surface area contributed by atoms with Crippen LogP contribution in [0.5, 0.6) is 0 Å². The molecule has 1 heterocycles. The molecule has 1 atom stereocenters. The Morgan fingerprint density at radius 2 is 1.54 bits per heavy atom. The van der Waals surface area contributed by atoms with Crippen LogP contribution < -0.4 is 10.2 Å². The monoisotopic (exact) mass is 556 g/mol. The topological polar surface area (TPSA) is 66.5 Å². The lowest BCUT2D eigenvalue weighted by Crippen LogP contribution is -2.36. The van der Waals surface area contributed by atoms with Crippen LogP contribution in [-0.4, -0.2) is 17.3 Å². The molecule has 0 unspecified atom stereocenters. The number of para-hydroxylation sites is 2. The summed E-state index contributed by atoms with van der Waals surface area (Å²) in [6.07, 6.45) is 1.01. The Kier molecular flexibility index (Phi) is 6.05. The van der Waals surface area contributed by atoms with Crippen LogP contribution in [0.15, 0.2) is 89.3 Å². The number of carbonyl (C=O) groups excluding carboxylic acids is 3. The molecule has 3 aromatic rings. The van der Waals surface area contributed by atoms with E-state index in [2.05, 4.69) is 19.2 Å². The summed E-state index contributed by atoms with van der Waals surface area (Å²) >= 11 is 13.1. The highest BCUT2D eigenvalue weighted by Gasteiger charge is 2.44. The fourth-order valence-electron chi connectivity index (χ4n) is 6.08. The second-order valence-electron chi connectivity index (χ2n) is 11.1. The number of carbonyl (C=O) groups is 3. The maximum absolute atomic E-state index is 14.0. The van der Waals surface area contributed by atoms with Gasteiger partial charge in [-0.2, -0.15) is 0 Å². The predicted molar refractivity (Wildman–Crippen MR) is 155 cm³/mol. The number of Topliss-reactive ketones (excluding diaryl/α,β-unsaturated/α-hetero) is 3. The molecule has 0 radical (unpaired) electrons. The number of halogens is 2. The molecule has 7 heteroatoms. The summed E-state index contributed by atoms with van der Waals surface area (Å²) in [4.78, 5) is 43.2. The SMILES string of the molecule is CC(=C1C(=O)c2ccccc2C1=O)N1c2ccccc2NC2=C(C(=O)CC(C)(C)C2)[C@H]1c1ccc(Cl)cc1Cl. The molecule has 0 spiro atoms. The molecule has 1 N–H and O–H groups in total. The summed E-state index contributed by atoms with van der Waals surface area (Å²) in [6, 6.07) is 19.1. The van der Waals surface area contributed by atoms with E-state index in [1.807, 2.05) is 35.2 Å². The number of hydrogen-bond donors (Lipinski definition) is 1. The maximum Gasteiger partial charge on any atom is 0.199 e. The Bertz CT molecular complexity index is 1630. The van der Waals surface area contributed by atoms with E-state index in [1.165, 1.54) is 0 Å². The van der Waals surface area contributed by atoms with E-state index in [1.54, 1.807) is 43.3 Å². The lowest BCUT2D eigenvalue weighted by atomic mass is 9.73. The molecule has 0 fully saturated rings. The van der Waals surface area contributed by atoms with Gasteiger partial charge < -0.3 is 10.2 Å². The van der Waals surface area contributed by atoms with Crippen LogP contribution in [0, 0.1) is 5.41 Å². The molecule has 0 saturated heterocycles. The highest BCUT2D eigenvalue weighted by atomic mass is 35.5. The quantitative estimate of drug-likeness (QED) is 0.256. The van der Waals surface area contributed by atoms with Gasteiger partial charge in [-0.15, -0.1) is 0 Å². The number of fused-ring (bicyclic) bond motifs is 2. The normalized spacial score (nSPS) is 19.8. The summed E-state index contributed by atoms with van der Waals surface area (Å²) in [5.74, 6) is -0.657. The van der Waals surface area contributed by atoms with E-state index in [0.717, 1.165) is 17.1 Å². The molecule has 3 aliphatic rings. The Morgan fingerprint density at radius 1 is 0.897 bits per heavy atom. The van der Waals surface area contributed by atoms with E-state index < -0.39 is 6.04 Å². The van der Waals surface area contributed by atoms with Crippen molar-refractivity contribution in [3.63, 3.8) is 0 Å². The van der Waals surface area contributed by atoms with Crippen LogP contribution in [0.1, 0.15) is 65.9 Å². The molecule has 196 valence electrons. The van der Waals surface area contributed by atoms with Gasteiger partial charge in [-0.1, -0.05) is 79.5 Å². The van der Waals surface area contributed by atoms with Crippen molar-refractivity contribution in [3.8, 4) is 0 Å². The fourth-order valence-corrected chi connectivity index (χ4v) is 6.59. The number of rotatable bonds is 2. The van der Waals surface area contributed by atoms with Crippen molar-refractivity contribution in [2.75, 3.05) is 10.2 Å². The van der Waals surface area contributed by atoms with Gasteiger partial charge in [-0.05, 0) is 48.6 Å². The molecule has 39 heavy (non-hydrogen) atoms.